The van der Waals surface area contributed by atoms with Crippen LogP contribution >= 0.6 is 0 Å². The average Bonchev–Trinajstić information content (AvgIpc) is 2.24. The number of nitrogens with one attached hydrogen (secondary N) is 1. The van der Waals surface area contributed by atoms with E-state index in [2.05, 4.69) is 5.32 Å². The summed E-state index contributed by atoms with van der Waals surface area (Å²) in [4.78, 5) is 22.6. The lowest BCUT2D eigenvalue weighted by Crippen LogP contribution is -2.41. The lowest BCUT2D eigenvalue weighted by molar-refractivity contribution is -0.146. The van der Waals surface area contributed by atoms with Crippen molar-refractivity contribution >= 4 is 11.9 Å². The Kier molecular flexibility index (Phi) is 8.52. The highest BCUT2D eigenvalue weighted by Crippen LogP contribution is 1.99. The quantitative estimate of drug-likeness (QED) is 0.628. The van der Waals surface area contributed by atoms with Crippen molar-refractivity contribution in [2.24, 2.45) is 0 Å². The third-order valence-corrected chi connectivity index (χ3v) is 1.95. The molecule has 1 atom stereocenters. The molecule has 0 aromatic rings. The zero-order valence-electron chi connectivity index (χ0n) is 10.2. The van der Waals surface area contributed by atoms with Crippen LogP contribution in [0.5, 0.6) is 0 Å². The number of hydrogen-bond donors (Lipinski definition) is 1. The van der Waals surface area contributed by atoms with E-state index in [-0.39, 0.29) is 18.5 Å². The minimum atomic E-state index is -0.422. The molecule has 0 aliphatic rings. The Morgan fingerprint density at radius 3 is 2.25 bits per heavy atom. The predicted molar refractivity (Wildman–Crippen MR) is 60.0 cm³/mol. The van der Waals surface area contributed by atoms with Gasteiger partial charge < -0.3 is 9.47 Å². The van der Waals surface area contributed by atoms with Crippen LogP contribution in [0.4, 0.5) is 0 Å². The maximum atomic E-state index is 11.5. The van der Waals surface area contributed by atoms with Crippen molar-refractivity contribution < 1.29 is 19.1 Å². The van der Waals surface area contributed by atoms with Crippen LogP contribution in [0, 0.1) is 0 Å². The summed E-state index contributed by atoms with van der Waals surface area (Å²) in [5, 5.41) is 2.84. The Balaban J connectivity index is 4.02. The fourth-order valence-electron chi connectivity index (χ4n) is 1.25. The lowest BCUT2D eigenvalue weighted by atomic mass is 10.1. The number of rotatable bonds is 8. The summed E-state index contributed by atoms with van der Waals surface area (Å²) >= 11 is 0. The number of carbonyl (C=O) groups excluding carboxylic acids is 2. The Hall–Kier alpha value is -1.10. The van der Waals surface area contributed by atoms with Gasteiger partial charge in [0.15, 0.2) is 0 Å². The smallest absolute Gasteiger partial charge is 0.323 e. The molecule has 1 unspecified atom stereocenters. The van der Waals surface area contributed by atoms with E-state index in [4.69, 9.17) is 9.47 Å². The summed E-state index contributed by atoms with van der Waals surface area (Å²) < 4.78 is 9.65. The minimum absolute atomic E-state index is 0.0390. The monoisotopic (exact) mass is 231 g/mol. The van der Waals surface area contributed by atoms with Crippen LogP contribution in [0.3, 0.4) is 0 Å². The Morgan fingerprint density at radius 1 is 1.12 bits per heavy atom. The van der Waals surface area contributed by atoms with Crippen LogP contribution in [-0.4, -0.2) is 37.7 Å². The summed E-state index contributed by atoms with van der Waals surface area (Å²) in [5.41, 5.74) is 0. The third kappa shape index (κ3) is 6.40. The Bertz CT molecular complexity index is 218. The fourth-order valence-corrected chi connectivity index (χ4v) is 1.25. The van der Waals surface area contributed by atoms with Gasteiger partial charge in [-0.05, 0) is 20.3 Å². The summed E-state index contributed by atoms with van der Waals surface area (Å²) in [6.45, 7) is 6.20. The van der Waals surface area contributed by atoms with Crippen molar-refractivity contribution in [1.82, 2.24) is 5.32 Å². The van der Waals surface area contributed by atoms with Gasteiger partial charge in [-0.25, -0.2) is 0 Å². The molecule has 0 rings (SSSR count). The Morgan fingerprint density at radius 2 is 1.75 bits per heavy atom. The second kappa shape index (κ2) is 9.15. The largest absolute Gasteiger partial charge is 0.465 e. The summed E-state index contributed by atoms with van der Waals surface area (Å²) in [5.74, 6) is -0.665. The van der Waals surface area contributed by atoms with Gasteiger partial charge >= 0.3 is 11.9 Å². The molecule has 0 aromatic heterocycles. The molecule has 1 N–H and O–H groups in total. The van der Waals surface area contributed by atoms with E-state index < -0.39 is 6.04 Å². The molecule has 0 aromatic carbocycles. The molecule has 0 fully saturated rings. The second-order valence-electron chi connectivity index (χ2n) is 3.28. The third-order valence-electron chi connectivity index (χ3n) is 1.95. The molecule has 5 nitrogen and oxygen atoms in total. The van der Waals surface area contributed by atoms with Crippen LogP contribution in [0.25, 0.3) is 0 Å². The molecule has 0 aliphatic carbocycles. The first-order valence-corrected chi connectivity index (χ1v) is 5.71. The first-order valence-electron chi connectivity index (χ1n) is 5.71. The minimum Gasteiger partial charge on any atom is -0.465 e. The first-order chi connectivity index (χ1) is 7.65. The SMILES string of the molecule is CCCC(NCC(=O)OCC)C(=O)OCC. The fraction of sp³-hybridized carbons (Fsp3) is 0.818. The molecule has 0 amide bonds. The second-order valence-corrected chi connectivity index (χ2v) is 3.28. The lowest BCUT2D eigenvalue weighted by Gasteiger charge is -2.15. The molecular formula is C11H21NO4. The summed E-state index contributed by atoms with van der Waals surface area (Å²) in [7, 11) is 0. The highest BCUT2D eigenvalue weighted by Gasteiger charge is 2.19. The average molecular weight is 231 g/mol. The van der Waals surface area contributed by atoms with Gasteiger partial charge in [0.1, 0.15) is 6.04 Å². The van der Waals surface area contributed by atoms with Crippen molar-refractivity contribution in [3.05, 3.63) is 0 Å². The molecule has 0 radical (unpaired) electrons. The van der Waals surface area contributed by atoms with Crippen molar-refractivity contribution in [2.75, 3.05) is 19.8 Å². The van der Waals surface area contributed by atoms with Crippen LogP contribution < -0.4 is 5.32 Å². The number of hydrogen-bond acceptors (Lipinski definition) is 5. The molecule has 0 aliphatic heterocycles. The normalized spacial score (nSPS) is 11.9. The van der Waals surface area contributed by atoms with Gasteiger partial charge in [-0.2, -0.15) is 0 Å². The number of carbonyl (C=O) groups is 2. The molecule has 0 spiro atoms. The zero-order valence-corrected chi connectivity index (χ0v) is 10.2. The standard InChI is InChI=1S/C11H21NO4/c1-4-7-9(11(14)16-6-3)12-8-10(13)15-5-2/h9,12H,4-8H2,1-3H3. The maximum absolute atomic E-state index is 11.5. The van der Waals surface area contributed by atoms with E-state index in [0.717, 1.165) is 6.42 Å². The molecule has 0 saturated heterocycles. The van der Waals surface area contributed by atoms with Gasteiger partial charge in [0.2, 0.25) is 0 Å². The van der Waals surface area contributed by atoms with E-state index in [1.165, 1.54) is 0 Å². The van der Waals surface area contributed by atoms with Gasteiger partial charge in [0, 0.05) is 0 Å². The van der Waals surface area contributed by atoms with Crippen molar-refractivity contribution in [2.45, 2.75) is 39.7 Å². The van der Waals surface area contributed by atoms with Gasteiger partial charge in [-0.1, -0.05) is 13.3 Å². The van der Waals surface area contributed by atoms with Crippen LogP contribution in [0.2, 0.25) is 0 Å². The van der Waals surface area contributed by atoms with E-state index in [1.807, 2.05) is 6.92 Å². The van der Waals surface area contributed by atoms with Crippen LogP contribution in [0.1, 0.15) is 33.6 Å². The maximum Gasteiger partial charge on any atom is 0.323 e. The number of esters is 2. The van der Waals surface area contributed by atoms with Gasteiger partial charge in [0.05, 0.1) is 19.8 Å². The van der Waals surface area contributed by atoms with E-state index in [9.17, 15) is 9.59 Å². The van der Waals surface area contributed by atoms with Crippen molar-refractivity contribution in [1.29, 1.82) is 0 Å². The zero-order chi connectivity index (χ0) is 12.4. The molecule has 0 bridgehead atoms. The molecule has 0 saturated carbocycles. The Labute approximate surface area is 96.5 Å². The number of ether oxygens (including phenoxy) is 2. The van der Waals surface area contributed by atoms with Crippen molar-refractivity contribution in [3.8, 4) is 0 Å². The highest BCUT2D eigenvalue weighted by atomic mass is 16.5. The summed E-state index contributed by atoms with van der Waals surface area (Å²) in [6.07, 6.45) is 1.50. The van der Waals surface area contributed by atoms with E-state index >= 15 is 0 Å². The first kappa shape index (κ1) is 14.9. The molecule has 94 valence electrons. The van der Waals surface area contributed by atoms with Gasteiger partial charge in [-0.15, -0.1) is 0 Å². The van der Waals surface area contributed by atoms with Gasteiger partial charge in [0.25, 0.3) is 0 Å². The molecule has 0 heterocycles. The highest BCUT2D eigenvalue weighted by molar-refractivity contribution is 5.77. The molecule has 5 heteroatoms. The van der Waals surface area contributed by atoms with E-state index in [1.54, 1.807) is 13.8 Å². The van der Waals surface area contributed by atoms with E-state index in [0.29, 0.717) is 19.6 Å². The van der Waals surface area contributed by atoms with Crippen molar-refractivity contribution in [3.63, 3.8) is 0 Å². The summed E-state index contributed by atoms with van der Waals surface area (Å²) in [6, 6.07) is -0.422. The molecule has 16 heavy (non-hydrogen) atoms. The van der Waals surface area contributed by atoms with Crippen LogP contribution in [0.15, 0.2) is 0 Å². The predicted octanol–water partition coefficient (Wildman–Crippen LogP) is 0.871. The van der Waals surface area contributed by atoms with Gasteiger partial charge in [-0.3, -0.25) is 14.9 Å². The van der Waals surface area contributed by atoms with Crippen LogP contribution in [-0.2, 0) is 19.1 Å². The topological polar surface area (TPSA) is 64.6 Å². The molecular weight excluding hydrogens is 210 g/mol.